The molecule has 1 aromatic rings. The first kappa shape index (κ1) is 22.6. The van der Waals surface area contributed by atoms with E-state index >= 15 is 0 Å². The number of anilines is 1. The molecular formula is C22H32N3O4P. The number of benzene rings is 1. The highest BCUT2D eigenvalue weighted by Gasteiger charge is 2.52. The molecule has 0 aromatic heterocycles. The van der Waals surface area contributed by atoms with E-state index in [9.17, 15) is 19.4 Å². The fourth-order valence-electron chi connectivity index (χ4n) is 3.85. The van der Waals surface area contributed by atoms with Crippen molar-refractivity contribution in [3.63, 3.8) is 0 Å². The van der Waals surface area contributed by atoms with Crippen molar-refractivity contribution in [2.45, 2.75) is 60.4 Å². The van der Waals surface area contributed by atoms with Gasteiger partial charge < -0.3 is 20.2 Å². The van der Waals surface area contributed by atoms with Crippen LogP contribution in [0.5, 0.6) is 0 Å². The standard InChI is InChI=1S/C22H32N3O4P/c1-13(2)22(7)18(26)17(20(27)25(22)11-10-21(4,5)6)19-23-15-9-8-14(3)12-16(15)30(28,29)24-19/h8-9,12-13,26H,10-11H2,1-7H3,(H2,23,24,28,29). The molecule has 164 valence electrons. The van der Waals surface area contributed by atoms with Crippen LogP contribution in [0.25, 0.3) is 0 Å². The second-order valence-corrected chi connectivity index (χ2v) is 11.7. The number of nitrogens with zero attached hydrogens (tertiary/aromatic N) is 2. The average Bonchev–Trinajstić information content (AvgIpc) is 2.80. The van der Waals surface area contributed by atoms with Gasteiger partial charge in [0.25, 0.3) is 5.91 Å². The molecule has 2 aliphatic rings. The predicted molar refractivity (Wildman–Crippen MR) is 120 cm³/mol. The molecule has 0 bridgehead atoms. The molecule has 1 amide bonds. The van der Waals surface area contributed by atoms with Gasteiger partial charge in [0.15, 0.2) is 5.84 Å². The number of amidine groups is 1. The van der Waals surface area contributed by atoms with Crippen LogP contribution >= 0.6 is 7.52 Å². The van der Waals surface area contributed by atoms with E-state index in [1.54, 1.807) is 17.0 Å². The van der Waals surface area contributed by atoms with Crippen molar-refractivity contribution in [3.05, 3.63) is 35.1 Å². The maximum absolute atomic E-state index is 13.4. The van der Waals surface area contributed by atoms with E-state index in [1.807, 2.05) is 33.8 Å². The maximum Gasteiger partial charge on any atom is 0.346 e. The Morgan fingerprint density at radius 2 is 1.93 bits per heavy atom. The van der Waals surface area contributed by atoms with Crippen LogP contribution in [0.3, 0.4) is 0 Å². The molecule has 7 nitrogen and oxygen atoms in total. The smallest absolute Gasteiger partial charge is 0.346 e. The van der Waals surface area contributed by atoms with Gasteiger partial charge in [-0.1, -0.05) is 46.2 Å². The molecule has 2 atom stereocenters. The number of nitrogens with one attached hydrogen (secondary N) is 1. The minimum absolute atomic E-state index is 0.00868. The van der Waals surface area contributed by atoms with Gasteiger partial charge >= 0.3 is 7.52 Å². The van der Waals surface area contributed by atoms with Gasteiger partial charge in [-0.2, -0.15) is 4.76 Å². The van der Waals surface area contributed by atoms with Crippen LogP contribution < -0.4 is 10.6 Å². The third kappa shape index (κ3) is 3.69. The quantitative estimate of drug-likeness (QED) is 0.620. The second kappa shape index (κ2) is 7.24. The molecule has 2 aliphatic heterocycles. The van der Waals surface area contributed by atoms with Crippen molar-refractivity contribution < 1.29 is 19.4 Å². The first-order chi connectivity index (χ1) is 13.7. The summed E-state index contributed by atoms with van der Waals surface area (Å²) >= 11 is 0. The zero-order valence-electron chi connectivity index (χ0n) is 18.8. The van der Waals surface area contributed by atoms with E-state index in [1.165, 1.54) is 0 Å². The Bertz CT molecular complexity index is 1010. The number of aliphatic hydroxyl groups is 1. The summed E-state index contributed by atoms with van der Waals surface area (Å²) in [7, 11) is -4.08. The van der Waals surface area contributed by atoms with Gasteiger partial charge in [0.2, 0.25) is 0 Å². The Morgan fingerprint density at radius 1 is 1.30 bits per heavy atom. The van der Waals surface area contributed by atoms with E-state index < -0.39 is 13.1 Å². The van der Waals surface area contributed by atoms with Gasteiger partial charge in [0, 0.05) is 6.54 Å². The molecule has 0 radical (unpaired) electrons. The van der Waals surface area contributed by atoms with Crippen LogP contribution in [0, 0.1) is 18.3 Å². The van der Waals surface area contributed by atoms with E-state index in [2.05, 4.69) is 30.9 Å². The van der Waals surface area contributed by atoms with Crippen LogP contribution in [-0.2, 0) is 9.36 Å². The van der Waals surface area contributed by atoms with Crippen LogP contribution in [0.15, 0.2) is 34.3 Å². The topological polar surface area (TPSA) is 102 Å². The van der Waals surface area contributed by atoms with Crippen LogP contribution in [0.4, 0.5) is 5.69 Å². The summed E-state index contributed by atoms with van der Waals surface area (Å²) in [4.78, 5) is 25.7. The fourth-order valence-corrected chi connectivity index (χ4v) is 5.20. The molecule has 30 heavy (non-hydrogen) atoms. The fraction of sp³-hybridized carbons (Fsp3) is 0.545. The highest BCUT2D eigenvalue weighted by molar-refractivity contribution is 7.65. The van der Waals surface area contributed by atoms with Gasteiger partial charge in [0.05, 0.1) is 11.0 Å². The SMILES string of the molecule is Cc1ccc2c(c1)P(=O)(O)N=C(C1=C(O)C(C)(C(C)C)N(CCC(C)(C)C)C1=O)N2. The Balaban J connectivity index is 2.08. The number of fused-ring (bicyclic) bond motifs is 1. The third-order valence-corrected chi connectivity index (χ3v) is 7.61. The zero-order chi connectivity index (χ0) is 22.6. The molecule has 0 saturated heterocycles. The molecular weight excluding hydrogens is 401 g/mol. The summed E-state index contributed by atoms with van der Waals surface area (Å²) in [6, 6.07) is 5.12. The largest absolute Gasteiger partial charge is 0.509 e. The highest BCUT2D eigenvalue weighted by atomic mass is 31.2. The second-order valence-electron chi connectivity index (χ2n) is 9.93. The number of hydrogen-bond donors (Lipinski definition) is 3. The molecule has 3 rings (SSSR count). The Kier molecular flexibility index (Phi) is 5.45. The van der Waals surface area contributed by atoms with E-state index in [-0.39, 0.29) is 39.7 Å². The van der Waals surface area contributed by atoms with E-state index in [4.69, 9.17) is 0 Å². The number of amides is 1. The zero-order valence-corrected chi connectivity index (χ0v) is 19.7. The van der Waals surface area contributed by atoms with Crippen LogP contribution in [-0.4, -0.2) is 38.7 Å². The third-order valence-electron chi connectivity index (χ3n) is 6.14. The molecule has 8 heteroatoms. The first-order valence-electron chi connectivity index (χ1n) is 10.3. The monoisotopic (exact) mass is 433 g/mol. The number of aryl methyl sites for hydroxylation is 1. The summed E-state index contributed by atoms with van der Waals surface area (Å²) in [5, 5.41) is 14.4. The molecule has 0 spiro atoms. The van der Waals surface area contributed by atoms with Crippen LogP contribution in [0.1, 0.15) is 53.5 Å². The van der Waals surface area contributed by atoms with Gasteiger partial charge in [-0.25, -0.2) is 0 Å². The van der Waals surface area contributed by atoms with Crippen molar-refractivity contribution in [1.82, 2.24) is 4.90 Å². The lowest BCUT2D eigenvalue weighted by Crippen LogP contribution is -2.50. The summed E-state index contributed by atoms with van der Waals surface area (Å²) in [6.45, 7) is 14.3. The first-order valence-corrected chi connectivity index (χ1v) is 11.9. The van der Waals surface area contributed by atoms with Crippen LogP contribution in [0.2, 0.25) is 0 Å². The van der Waals surface area contributed by atoms with Crippen molar-refractivity contribution in [2.75, 3.05) is 11.9 Å². The summed E-state index contributed by atoms with van der Waals surface area (Å²) in [6.07, 6.45) is 0.752. The van der Waals surface area contributed by atoms with Gasteiger partial charge in [-0.3, -0.25) is 9.36 Å². The molecule has 2 heterocycles. The van der Waals surface area contributed by atoms with Gasteiger partial charge in [-0.05, 0) is 43.7 Å². The predicted octanol–water partition coefficient (Wildman–Crippen LogP) is 4.13. The van der Waals surface area contributed by atoms with E-state index in [0.29, 0.717) is 12.2 Å². The van der Waals surface area contributed by atoms with Crippen molar-refractivity contribution in [2.24, 2.45) is 16.1 Å². The number of rotatable bonds is 4. The van der Waals surface area contributed by atoms with Crippen molar-refractivity contribution >= 4 is 30.3 Å². The molecule has 0 fully saturated rings. The van der Waals surface area contributed by atoms with Gasteiger partial charge in [-0.15, -0.1) is 0 Å². The van der Waals surface area contributed by atoms with Gasteiger partial charge in [0.1, 0.15) is 16.9 Å². The summed E-state index contributed by atoms with van der Waals surface area (Å²) in [5.41, 5.74) is 0.316. The number of aliphatic hydroxyl groups excluding tert-OH is 1. The Labute approximate surface area is 178 Å². The lowest BCUT2D eigenvalue weighted by atomic mass is 9.84. The Morgan fingerprint density at radius 3 is 2.50 bits per heavy atom. The maximum atomic E-state index is 13.4. The molecule has 3 N–H and O–H groups in total. The number of hydrogen-bond acceptors (Lipinski definition) is 4. The van der Waals surface area contributed by atoms with E-state index in [0.717, 1.165) is 12.0 Å². The number of carbonyl (C=O) groups is 1. The van der Waals surface area contributed by atoms with Crippen molar-refractivity contribution in [1.29, 1.82) is 0 Å². The van der Waals surface area contributed by atoms with Crippen molar-refractivity contribution in [3.8, 4) is 0 Å². The minimum Gasteiger partial charge on any atom is -0.509 e. The Hall–Kier alpha value is -2.11. The normalized spacial score (nSPS) is 26.8. The molecule has 0 saturated carbocycles. The molecule has 2 unspecified atom stereocenters. The molecule has 0 aliphatic carbocycles. The average molecular weight is 433 g/mol. The minimum atomic E-state index is -4.08. The number of carbonyl (C=O) groups excluding carboxylic acids is 1. The summed E-state index contributed by atoms with van der Waals surface area (Å²) < 4.78 is 16.9. The lowest BCUT2D eigenvalue weighted by Gasteiger charge is -2.40. The molecule has 1 aromatic carbocycles. The highest BCUT2D eigenvalue weighted by Crippen LogP contribution is 2.49. The summed E-state index contributed by atoms with van der Waals surface area (Å²) in [5.74, 6) is -0.614. The lowest BCUT2D eigenvalue weighted by molar-refractivity contribution is -0.131.